The zero-order valence-electron chi connectivity index (χ0n) is 25.5. The van der Waals surface area contributed by atoms with Crippen molar-refractivity contribution in [2.45, 2.75) is 32.0 Å². The maximum absolute atomic E-state index is 14.2. The molecule has 0 aliphatic carbocycles. The molecule has 48 heavy (non-hydrogen) atoms. The van der Waals surface area contributed by atoms with Gasteiger partial charge in [-0.15, -0.1) is 10.2 Å². The van der Waals surface area contributed by atoms with Gasteiger partial charge in [-0.2, -0.15) is 32.6 Å². The summed E-state index contributed by atoms with van der Waals surface area (Å²) >= 11 is 0. The highest BCUT2D eigenvalue weighted by Crippen LogP contribution is 2.38. The third-order valence-electron chi connectivity index (χ3n) is 7.24. The predicted octanol–water partition coefficient (Wildman–Crippen LogP) is 2.84. The summed E-state index contributed by atoms with van der Waals surface area (Å²) in [6.07, 6.45) is 4.75. The Bertz CT molecular complexity index is 1870. The van der Waals surface area contributed by atoms with Crippen molar-refractivity contribution in [2.24, 2.45) is 0 Å². The Morgan fingerprint density at radius 2 is 1.90 bits per heavy atom. The first-order valence-corrected chi connectivity index (χ1v) is 14.5. The average molecular weight is 677 g/mol. The number of rotatable bonds is 14. The number of hydrogen-bond donors (Lipinski definition) is 1. The van der Waals surface area contributed by atoms with Crippen LogP contribution in [-0.4, -0.2) is 120 Å². The first-order valence-electron chi connectivity index (χ1n) is 14.5. The third-order valence-corrected chi connectivity index (χ3v) is 7.24. The average Bonchev–Trinajstić information content (AvgIpc) is 3.73. The van der Waals surface area contributed by atoms with Gasteiger partial charge in [-0.1, -0.05) is 0 Å². The summed E-state index contributed by atoms with van der Waals surface area (Å²) in [7, 11) is 3.61. The van der Waals surface area contributed by atoms with E-state index in [1.807, 2.05) is 4.90 Å². The second-order valence-electron chi connectivity index (χ2n) is 11.2. The molecule has 254 valence electrons. The molecule has 1 amide bonds. The number of benzene rings is 1. The van der Waals surface area contributed by atoms with E-state index in [9.17, 15) is 26.7 Å². The SMILES string of the molecule is CN(C)CC(F)CN1CC(n2nnc(Cn3cc(NC(=O)c4cnn5cccnc45)c(-c4cc(OC(F)F)ccc4OC(F)F)n3)n2)C1. The molecule has 1 aliphatic rings. The van der Waals surface area contributed by atoms with E-state index in [1.165, 1.54) is 32.6 Å². The lowest BCUT2D eigenvalue weighted by Gasteiger charge is -2.38. The number of alkyl halides is 5. The van der Waals surface area contributed by atoms with Crippen LogP contribution >= 0.6 is 0 Å². The number of aromatic nitrogens is 9. The van der Waals surface area contributed by atoms with Crippen molar-refractivity contribution in [3.05, 3.63) is 60.4 Å². The summed E-state index contributed by atoms with van der Waals surface area (Å²) in [6.45, 7) is -4.87. The molecule has 0 saturated carbocycles. The molecule has 1 aliphatic heterocycles. The number of amides is 1. The van der Waals surface area contributed by atoms with E-state index < -0.39 is 31.1 Å². The van der Waals surface area contributed by atoms with E-state index in [0.29, 0.717) is 19.6 Å². The molecule has 1 N–H and O–H groups in total. The van der Waals surface area contributed by atoms with Gasteiger partial charge >= 0.3 is 13.2 Å². The Morgan fingerprint density at radius 1 is 1.10 bits per heavy atom. The minimum atomic E-state index is -3.26. The van der Waals surface area contributed by atoms with Crippen molar-refractivity contribution < 1.29 is 36.2 Å². The van der Waals surface area contributed by atoms with Crippen LogP contribution < -0.4 is 14.8 Å². The van der Waals surface area contributed by atoms with Crippen LogP contribution in [0.1, 0.15) is 22.2 Å². The van der Waals surface area contributed by atoms with Crippen molar-refractivity contribution in [1.82, 2.24) is 54.4 Å². The number of likely N-dealkylation sites (tertiary alicyclic amines) is 1. The quantitative estimate of drug-likeness (QED) is 0.173. The number of fused-ring (bicyclic) bond motifs is 1. The molecule has 0 spiro atoms. The van der Waals surface area contributed by atoms with E-state index in [1.54, 1.807) is 31.3 Å². The lowest BCUT2D eigenvalue weighted by Crippen LogP contribution is -2.51. The molecular formula is C28H29F5N12O3. The molecule has 1 atom stereocenters. The van der Waals surface area contributed by atoms with E-state index in [2.05, 4.69) is 45.4 Å². The summed E-state index contributed by atoms with van der Waals surface area (Å²) < 4.78 is 78.9. The van der Waals surface area contributed by atoms with E-state index in [4.69, 9.17) is 0 Å². The summed E-state index contributed by atoms with van der Waals surface area (Å²) in [4.78, 5) is 22.7. The van der Waals surface area contributed by atoms with Crippen LogP contribution in [0.2, 0.25) is 0 Å². The number of nitrogens with zero attached hydrogens (tertiary/aromatic N) is 11. The largest absolute Gasteiger partial charge is 0.435 e. The van der Waals surface area contributed by atoms with Gasteiger partial charge < -0.3 is 19.7 Å². The molecule has 0 radical (unpaired) electrons. The lowest BCUT2D eigenvalue weighted by molar-refractivity contribution is -0.0526. The number of ether oxygens (including phenoxy) is 2. The van der Waals surface area contributed by atoms with Gasteiger partial charge in [-0.05, 0) is 43.6 Å². The van der Waals surface area contributed by atoms with Gasteiger partial charge in [0.15, 0.2) is 11.5 Å². The van der Waals surface area contributed by atoms with Gasteiger partial charge in [-0.3, -0.25) is 14.4 Å². The first kappa shape index (κ1) is 32.7. The summed E-state index contributed by atoms with van der Waals surface area (Å²) in [5, 5.41) is 23.8. The van der Waals surface area contributed by atoms with Crippen LogP contribution in [0.4, 0.5) is 27.6 Å². The van der Waals surface area contributed by atoms with Crippen LogP contribution in [0.15, 0.2) is 49.1 Å². The van der Waals surface area contributed by atoms with Gasteiger partial charge in [0.1, 0.15) is 35.5 Å². The Morgan fingerprint density at radius 3 is 2.65 bits per heavy atom. The first-order chi connectivity index (χ1) is 23.0. The smallest absolute Gasteiger partial charge is 0.387 e. The molecule has 5 heterocycles. The van der Waals surface area contributed by atoms with Crippen molar-refractivity contribution in [3.63, 3.8) is 0 Å². The Kier molecular flexibility index (Phi) is 9.44. The second kappa shape index (κ2) is 13.9. The maximum atomic E-state index is 14.2. The molecule has 1 saturated heterocycles. The summed E-state index contributed by atoms with van der Waals surface area (Å²) in [5.74, 6) is -1.22. The van der Waals surface area contributed by atoms with Crippen molar-refractivity contribution in [2.75, 3.05) is 45.6 Å². The van der Waals surface area contributed by atoms with E-state index >= 15 is 0 Å². The van der Waals surface area contributed by atoms with Crippen molar-refractivity contribution >= 4 is 17.2 Å². The summed E-state index contributed by atoms with van der Waals surface area (Å²) in [5.41, 5.74) is 0.0566. The molecule has 0 bridgehead atoms. The van der Waals surface area contributed by atoms with Crippen LogP contribution in [0, 0.1) is 0 Å². The molecule has 1 unspecified atom stereocenters. The number of anilines is 1. The molecule has 1 aromatic carbocycles. The van der Waals surface area contributed by atoms with Crippen molar-refractivity contribution in [3.8, 4) is 22.8 Å². The number of nitrogens with one attached hydrogen (secondary N) is 1. The van der Waals surface area contributed by atoms with E-state index in [-0.39, 0.29) is 58.9 Å². The number of halogens is 5. The summed E-state index contributed by atoms with van der Waals surface area (Å²) in [6, 6.07) is 4.61. The Labute approximate surface area is 268 Å². The monoisotopic (exact) mass is 676 g/mol. The zero-order chi connectivity index (χ0) is 33.9. The molecule has 5 aromatic rings. The number of carbonyl (C=O) groups excluding carboxylic acids is 1. The molecule has 15 nitrogen and oxygen atoms in total. The Balaban J connectivity index is 1.27. The van der Waals surface area contributed by atoms with Gasteiger partial charge in [0, 0.05) is 44.8 Å². The van der Waals surface area contributed by atoms with Crippen molar-refractivity contribution in [1.29, 1.82) is 0 Å². The van der Waals surface area contributed by atoms with Gasteiger partial charge in [0.2, 0.25) is 0 Å². The highest BCUT2D eigenvalue weighted by molar-refractivity contribution is 6.09. The fourth-order valence-corrected chi connectivity index (χ4v) is 5.23. The molecule has 4 aromatic heterocycles. The topological polar surface area (TPSA) is 146 Å². The minimum absolute atomic E-state index is 0.00382. The number of hydrogen-bond acceptors (Lipinski definition) is 11. The number of carbonyl (C=O) groups is 1. The molecular weight excluding hydrogens is 647 g/mol. The fourth-order valence-electron chi connectivity index (χ4n) is 5.23. The van der Waals surface area contributed by atoms with Gasteiger partial charge in [-0.25, -0.2) is 13.9 Å². The van der Waals surface area contributed by atoms with E-state index in [0.717, 1.165) is 18.2 Å². The minimum Gasteiger partial charge on any atom is -0.435 e. The zero-order valence-corrected chi connectivity index (χ0v) is 25.5. The lowest BCUT2D eigenvalue weighted by atomic mass is 10.1. The van der Waals surface area contributed by atoms with Crippen LogP contribution in [0.25, 0.3) is 16.9 Å². The van der Waals surface area contributed by atoms with Gasteiger partial charge in [0.25, 0.3) is 5.91 Å². The van der Waals surface area contributed by atoms with Gasteiger partial charge in [0.05, 0.1) is 23.5 Å². The Hall–Kier alpha value is -5.24. The standard InChI is InChI=1S/C28H29F5N12O3/c1-41(2)10-16(29)11-42-12-17(13-42)45-38-23(37-40-45)15-43-14-21(36-26(46)20-9-35-44-7-3-6-34-25(20)44)24(39-43)19-8-18(47-27(30)31)4-5-22(19)48-28(32)33/h3-9,14,16-17,27-28H,10-13,15H2,1-2H3,(H,36,46). The molecule has 1 fully saturated rings. The number of tetrazole rings is 1. The maximum Gasteiger partial charge on any atom is 0.387 e. The van der Waals surface area contributed by atoms with Crippen LogP contribution in [0.5, 0.6) is 11.5 Å². The van der Waals surface area contributed by atoms with Crippen LogP contribution in [0.3, 0.4) is 0 Å². The normalized spacial score (nSPS) is 14.6. The fraction of sp³-hybridized carbons (Fsp3) is 0.393. The highest BCUT2D eigenvalue weighted by atomic mass is 19.3. The molecule has 20 heteroatoms. The van der Waals surface area contributed by atoms with Crippen LogP contribution in [-0.2, 0) is 6.54 Å². The second-order valence-corrected chi connectivity index (χ2v) is 11.2. The third kappa shape index (κ3) is 7.49. The molecule has 6 rings (SSSR count). The predicted molar refractivity (Wildman–Crippen MR) is 158 cm³/mol. The highest BCUT2D eigenvalue weighted by Gasteiger charge is 2.32.